The number of carbonyl (C=O) groups excluding carboxylic acids is 1. The van der Waals surface area contributed by atoms with Crippen molar-refractivity contribution in [3.63, 3.8) is 0 Å². The topological polar surface area (TPSA) is 57.7 Å². The molecule has 5 nitrogen and oxygen atoms in total. The van der Waals surface area contributed by atoms with Crippen molar-refractivity contribution >= 4 is 21.6 Å². The predicted octanol–water partition coefficient (Wildman–Crippen LogP) is 1.56. The molecular weight excluding hydrogens is 264 g/mol. The summed E-state index contributed by atoms with van der Waals surface area (Å²) in [7, 11) is 0.0786. The van der Waals surface area contributed by atoms with Gasteiger partial charge in [0.1, 0.15) is 0 Å². The van der Waals surface area contributed by atoms with Crippen LogP contribution in [0, 0.1) is 0 Å². The summed E-state index contributed by atoms with van der Waals surface area (Å²) in [6.45, 7) is 3.77. The number of hydrogen-bond acceptors (Lipinski definition) is 3. The van der Waals surface area contributed by atoms with Crippen molar-refractivity contribution < 1.29 is 13.2 Å². The first kappa shape index (κ1) is 15.5. The molecule has 0 spiro atoms. The molecule has 106 valence electrons. The largest absolute Gasteiger partial charge is 0.345 e. The van der Waals surface area contributed by atoms with Gasteiger partial charge in [-0.2, -0.15) is 0 Å². The molecule has 1 aromatic rings. The van der Waals surface area contributed by atoms with Crippen LogP contribution >= 0.6 is 0 Å². The van der Waals surface area contributed by atoms with Gasteiger partial charge in [0.05, 0.1) is 11.4 Å². The molecule has 1 amide bonds. The highest BCUT2D eigenvalue weighted by molar-refractivity contribution is 7.92. The third kappa shape index (κ3) is 3.47. The molecule has 0 fully saturated rings. The lowest BCUT2D eigenvalue weighted by atomic mass is 10.2. The number of amides is 1. The first-order chi connectivity index (χ1) is 8.83. The summed E-state index contributed by atoms with van der Waals surface area (Å²) in [4.78, 5) is 13.2. The Morgan fingerprint density at radius 3 is 2.00 bits per heavy atom. The van der Waals surface area contributed by atoms with Crippen LogP contribution in [0.25, 0.3) is 0 Å². The summed E-state index contributed by atoms with van der Waals surface area (Å²) < 4.78 is 25.2. The number of carbonyl (C=O) groups is 1. The first-order valence-corrected chi connectivity index (χ1v) is 7.76. The molecule has 1 aromatic carbocycles. The average Bonchev–Trinajstić information content (AvgIpc) is 2.39. The summed E-state index contributed by atoms with van der Waals surface area (Å²) >= 11 is 0. The Labute approximate surface area is 114 Å². The minimum Gasteiger partial charge on any atom is -0.345 e. The lowest BCUT2D eigenvalue weighted by Gasteiger charge is -2.22. The summed E-state index contributed by atoms with van der Waals surface area (Å²) in [5.74, 6) is -0.0490. The van der Waals surface area contributed by atoms with E-state index in [-0.39, 0.29) is 11.7 Å². The van der Waals surface area contributed by atoms with Crippen LogP contribution in [0.2, 0.25) is 0 Å². The Morgan fingerprint density at radius 2 is 1.63 bits per heavy atom. The fraction of sp³-hybridized carbons (Fsp3) is 0.462. The highest BCUT2D eigenvalue weighted by Crippen LogP contribution is 2.19. The smallest absolute Gasteiger partial charge is 0.253 e. The number of rotatable bonds is 5. The lowest BCUT2D eigenvalue weighted by molar-refractivity contribution is 0.0827. The van der Waals surface area contributed by atoms with Crippen molar-refractivity contribution in [3.8, 4) is 0 Å². The van der Waals surface area contributed by atoms with Crippen LogP contribution in [0.1, 0.15) is 24.2 Å². The summed E-state index contributed by atoms with van der Waals surface area (Å²) in [5.41, 5.74) is 1.12. The van der Waals surface area contributed by atoms with E-state index < -0.39 is 10.0 Å². The second-order valence-corrected chi connectivity index (χ2v) is 6.49. The van der Waals surface area contributed by atoms with Crippen molar-refractivity contribution in [3.05, 3.63) is 29.8 Å². The maximum atomic E-state index is 11.9. The Kier molecular flexibility index (Phi) is 4.94. The molecule has 0 radical (unpaired) electrons. The van der Waals surface area contributed by atoms with E-state index in [0.717, 1.165) is 0 Å². The van der Waals surface area contributed by atoms with Crippen LogP contribution in [-0.2, 0) is 10.0 Å². The van der Waals surface area contributed by atoms with E-state index in [1.165, 1.54) is 9.21 Å². The maximum absolute atomic E-state index is 11.9. The van der Waals surface area contributed by atoms with Gasteiger partial charge in [0.25, 0.3) is 5.91 Å². The van der Waals surface area contributed by atoms with Gasteiger partial charge in [0.15, 0.2) is 0 Å². The highest BCUT2D eigenvalue weighted by atomic mass is 32.2. The molecule has 0 aliphatic rings. The maximum Gasteiger partial charge on any atom is 0.253 e. The van der Waals surface area contributed by atoms with Crippen molar-refractivity contribution in [1.29, 1.82) is 0 Å². The molecule has 0 N–H and O–H groups in total. The SMILES string of the molecule is CCN(c1ccc(C(=O)N(C)C)cc1)S(=O)(=O)CC. The van der Waals surface area contributed by atoms with Crippen LogP contribution in [-0.4, -0.2) is 45.6 Å². The Hall–Kier alpha value is -1.56. The fourth-order valence-electron chi connectivity index (χ4n) is 1.72. The molecule has 0 unspecified atom stereocenters. The number of hydrogen-bond donors (Lipinski definition) is 0. The van der Waals surface area contributed by atoms with E-state index in [0.29, 0.717) is 17.8 Å². The average molecular weight is 284 g/mol. The van der Waals surface area contributed by atoms with E-state index in [1.807, 2.05) is 0 Å². The molecule has 0 atom stereocenters. The first-order valence-electron chi connectivity index (χ1n) is 6.15. The Balaban J connectivity index is 3.07. The summed E-state index contributed by atoms with van der Waals surface area (Å²) in [6, 6.07) is 6.61. The third-order valence-corrected chi connectivity index (χ3v) is 4.67. The van der Waals surface area contributed by atoms with Gasteiger partial charge in [-0.1, -0.05) is 0 Å². The standard InChI is InChI=1S/C13H20N2O3S/c1-5-15(19(17,18)6-2)12-9-7-11(8-10-12)13(16)14(3)4/h7-10H,5-6H2,1-4H3. The van der Waals surface area contributed by atoms with Gasteiger partial charge < -0.3 is 4.90 Å². The van der Waals surface area contributed by atoms with Crippen molar-refractivity contribution in [2.45, 2.75) is 13.8 Å². The van der Waals surface area contributed by atoms with E-state index in [9.17, 15) is 13.2 Å². The molecule has 1 rings (SSSR count). The monoisotopic (exact) mass is 284 g/mol. The Morgan fingerprint density at radius 1 is 1.11 bits per heavy atom. The van der Waals surface area contributed by atoms with Gasteiger partial charge in [0, 0.05) is 26.2 Å². The van der Waals surface area contributed by atoms with Crippen LogP contribution in [0.4, 0.5) is 5.69 Å². The minimum atomic E-state index is -3.27. The van der Waals surface area contributed by atoms with Gasteiger partial charge in [-0.25, -0.2) is 8.42 Å². The zero-order chi connectivity index (χ0) is 14.6. The highest BCUT2D eigenvalue weighted by Gasteiger charge is 2.19. The molecule has 0 bridgehead atoms. The third-order valence-electron chi connectivity index (χ3n) is 2.80. The number of benzene rings is 1. The van der Waals surface area contributed by atoms with E-state index >= 15 is 0 Å². The molecule has 0 heterocycles. The molecule has 0 aliphatic carbocycles. The number of sulfonamides is 1. The predicted molar refractivity (Wildman–Crippen MR) is 76.9 cm³/mol. The summed E-state index contributed by atoms with van der Waals surface area (Å²) in [5, 5.41) is 0. The van der Waals surface area contributed by atoms with Crippen LogP contribution in [0.15, 0.2) is 24.3 Å². The van der Waals surface area contributed by atoms with E-state index in [2.05, 4.69) is 0 Å². The molecule has 19 heavy (non-hydrogen) atoms. The quantitative estimate of drug-likeness (QED) is 0.824. The van der Waals surface area contributed by atoms with Gasteiger partial charge in [-0.3, -0.25) is 9.10 Å². The fourth-order valence-corrected chi connectivity index (χ4v) is 2.87. The molecule has 0 saturated carbocycles. The molecule has 6 heteroatoms. The molecule has 0 aliphatic heterocycles. The normalized spacial score (nSPS) is 11.2. The molecule has 0 saturated heterocycles. The zero-order valence-electron chi connectivity index (χ0n) is 11.8. The number of anilines is 1. The van der Waals surface area contributed by atoms with Crippen LogP contribution in [0.5, 0.6) is 0 Å². The van der Waals surface area contributed by atoms with Crippen molar-refractivity contribution in [2.24, 2.45) is 0 Å². The molecule has 0 aromatic heterocycles. The second-order valence-electron chi connectivity index (χ2n) is 4.31. The van der Waals surface area contributed by atoms with Crippen molar-refractivity contribution in [1.82, 2.24) is 4.90 Å². The minimum absolute atomic E-state index is 0.0548. The molecular formula is C13H20N2O3S. The van der Waals surface area contributed by atoms with Gasteiger partial charge in [-0.15, -0.1) is 0 Å². The van der Waals surface area contributed by atoms with Crippen molar-refractivity contribution in [2.75, 3.05) is 30.7 Å². The number of nitrogens with zero attached hydrogens (tertiary/aromatic N) is 2. The second kappa shape index (κ2) is 6.06. The zero-order valence-corrected chi connectivity index (χ0v) is 12.6. The lowest BCUT2D eigenvalue weighted by Crippen LogP contribution is -2.32. The van der Waals surface area contributed by atoms with E-state index in [1.54, 1.807) is 52.2 Å². The van der Waals surface area contributed by atoms with Gasteiger partial charge in [0.2, 0.25) is 10.0 Å². The van der Waals surface area contributed by atoms with E-state index in [4.69, 9.17) is 0 Å². The summed E-state index contributed by atoms with van der Waals surface area (Å²) in [6.07, 6.45) is 0. The van der Waals surface area contributed by atoms with Crippen LogP contribution in [0.3, 0.4) is 0 Å². The Bertz CT molecular complexity index is 536. The van der Waals surface area contributed by atoms with Gasteiger partial charge in [-0.05, 0) is 38.1 Å². The van der Waals surface area contributed by atoms with Gasteiger partial charge >= 0.3 is 0 Å². The van der Waals surface area contributed by atoms with Crippen LogP contribution < -0.4 is 4.31 Å².